The topological polar surface area (TPSA) is 20.2 Å². The highest BCUT2D eigenvalue weighted by Gasteiger charge is 2.14. The van der Waals surface area contributed by atoms with Crippen LogP contribution in [-0.2, 0) is 0 Å². The lowest BCUT2D eigenvalue weighted by atomic mass is 10.4. The Labute approximate surface area is 66.4 Å². The van der Waals surface area contributed by atoms with Crippen LogP contribution in [0.5, 0.6) is 0 Å². The first-order chi connectivity index (χ1) is 4.83. The van der Waals surface area contributed by atoms with Gasteiger partial charge < -0.3 is 5.11 Å². The third-order valence-electron chi connectivity index (χ3n) is 0.834. The van der Waals surface area contributed by atoms with Gasteiger partial charge in [0.05, 0.1) is 0 Å². The molecule has 0 saturated carbocycles. The van der Waals surface area contributed by atoms with Gasteiger partial charge in [0.1, 0.15) is 8.07 Å². The molecule has 0 aliphatic carbocycles. The van der Waals surface area contributed by atoms with Crippen molar-refractivity contribution in [1.29, 1.82) is 0 Å². The average Bonchev–Trinajstić information content (AvgIpc) is 1.80. The first kappa shape index (κ1) is 10.6. The van der Waals surface area contributed by atoms with Crippen LogP contribution >= 0.6 is 0 Å². The Morgan fingerprint density at radius 1 is 1.27 bits per heavy atom. The van der Waals surface area contributed by atoms with E-state index in [9.17, 15) is 8.78 Å². The number of hydrogen-bond donors (Lipinski definition) is 1. The summed E-state index contributed by atoms with van der Waals surface area (Å²) >= 11 is 0. The molecule has 4 heteroatoms. The highest BCUT2D eigenvalue weighted by molar-refractivity contribution is 6.83. The zero-order valence-corrected chi connectivity index (χ0v) is 7.86. The fourth-order valence-electron chi connectivity index (χ4n) is 0.353. The molecule has 0 amide bonds. The first-order valence-corrected chi connectivity index (χ1v) is 6.82. The van der Waals surface area contributed by atoms with Crippen molar-refractivity contribution in [3.63, 3.8) is 0 Å². The Hall–Kier alpha value is -0.403. The molecule has 0 fully saturated rings. The smallest absolute Gasteiger partial charge is 0.275 e. The number of halogens is 2. The molecule has 0 rings (SSSR count). The second-order valence-electron chi connectivity index (χ2n) is 3.30. The molecule has 0 aromatic heterocycles. The van der Waals surface area contributed by atoms with Crippen molar-refractivity contribution < 1.29 is 13.9 Å². The molecular weight excluding hydrogens is 166 g/mol. The summed E-state index contributed by atoms with van der Waals surface area (Å²) in [4.78, 5) is 0. The minimum atomic E-state index is -2.75. The summed E-state index contributed by atoms with van der Waals surface area (Å²) in [5.74, 6) is 2.14. The van der Waals surface area contributed by atoms with Gasteiger partial charge in [-0.15, -0.1) is 5.54 Å². The van der Waals surface area contributed by atoms with Crippen LogP contribution in [-0.4, -0.2) is 25.7 Å². The number of aliphatic hydroxyl groups excluding tert-OH is 1. The van der Waals surface area contributed by atoms with Crippen molar-refractivity contribution in [2.75, 3.05) is 0 Å². The SMILES string of the molecule is C[Si](C)(C)C#CC(O)C(F)F. The fraction of sp³-hybridized carbons (Fsp3) is 0.714. The summed E-state index contributed by atoms with van der Waals surface area (Å²) in [5.41, 5.74) is 2.66. The highest BCUT2D eigenvalue weighted by atomic mass is 28.3. The zero-order valence-electron chi connectivity index (χ0n) is 6.86. The van der Waals surface area contributed by atoms with Crippen molar-refractivity contribution in [3.8, 4) is 11.5 Å². The number of hydrogen-bond acceptors (Lipinski definition) is 1. The van der Waals surface area contributed by atoms with Crippen LogP contribution in [0.4, 0.5) is 8.78 Å². The molecule has 64 valence electrons. The molecule has 0 aliphatic heterocycles. The maximum atomic E-state index is 11.7. The second kappa shape index (κ2) is 3.84. The number of alkyl halides is 2. The molecule has 0 aliphatic rings. The van der Waals surface area contributed by atoms with E-state index >= 15 is 0 Å². The van der Waals surface area contributed by atoms with Gasteiger partial charge in [0, 0.05) is 0 Å². The maximum absolute atomic E-state index is 11.7. The quantitative estimate of drug-likeness (QED) is 0.476. The van der Waals surface area contributed by atoms with Gasteiger partial charge >= 0.3 is 0 Å². The summed E-state index contributed by atoms with van der Waals surface area (Å²) in [7, 11) is -1.62. The Bertz CT molecular complexity index is 175. The van der Waals surface area contributed by atoms with Gasteiger partial charge in [-0.05, 0) is 0 Å². The van der Waals surface area contributed by atoms with Gasteiger partial charge in [0.25, 0.3) is 6.43 Å². The molecule has 0 radical (unpaired) electrons. The van der Waals surface area contributed by atoms with Gasteiger partial charge in [-0.25, -0.2) is 8.78 Å². The predicted molar refractivity (Wildman–Crippen MR) is 43.1 cm³/mol. The molecule has 0 heterocycles. The van der Waals surface area contributed by atoms with E-state index in [0.29, 0.717) is 0 Å². The lowest BCUT2D eigenvalue weighted by Crippen LogP contribution is -2.20. The molecule has 1 nitrogen and oxygen atoms in total. The Morgan fingerprint density at radius 2 is 1.73 bits per heavy atom. The van der Waals surface area contributed by atoms with Crippen LogP contribution in [0.25, 0.3) is 0 Å². The van der Waals surface area contributed by atoms with Crippen molar-refractivity contribution in [2.24, 2.45) is 0 Å². The Kier molecular flexibility index (Phi) is 3.70. The van der Waals surface area contributed by atoms with E-state index in [1.165, 1.54) is 0 Å². The van der Waals surface area contributed by atoms with E-state index in [2.05, 4.69) is 11.5 Å². The summed E-state index contributed by atoms with van der Waals surface area (Å²) < 4.78 is 23.3. The third kappa shape index (κ3) is 6.01. The molecule has 0 saturated heterocycles. The maximum Gasteiger partial charge on any atom is 0.275 e. The van der Waals surface area contributed by atoms with E-state index in [4.69, 9.17) is 5.11 Å². The summed E-state index contributed by atoms with van der Waals surface area (Å²) in [6.07, 6.45) is -4.53. The van der Waals surface area contributed by atoms with Crippen LogP contribution in [0, 0.1) is 11.5 Å². The largest absolute Gasteiger partial charge is 0.375 e. The van der Waals surface area contributed by atoms with Crippen molar-refractivity contribution >= 4 is 8.07 Å². The molecule has 1 N–H and O–H groups in total. The van der Waals surface area contributed by atoms with E-state index in [-0.39, 0.29) is 0 Å². The molecule has 0 spiro atoms. The molecular formula is C7H12F2OSi. The monoisotopic (exact) mass is 178 g/mol. The number of aliphatic hydroxyl groups is 1. The molecule has 0 aromatic rings. The average molecular weight is 178 g/mol. The third-order valence-corrected chi connectivity index (χ3v) is 1.73. The summed E-state index contributed by atoms with van der Waals surface area (Å²) in [5, 5.41) is 8.59. The van der Waals surface area contributed by atoms with Crippen LogP contribution in [0.2, 0.25) is 19.6 Å². The normalized spacial score (nSPS) is 14.1. The standard InChI is InChI=1S/C7H12F2OSi/c1-11(2,3)5-4-6(10)7(8)9/h6-7,10H,1-3H3. The van der Waals surface area contributed by atoms with Gasteiger partial charge in [-0.1, -0.05) is 25.6 Å². The van der Waals surface area contributed by atoms with Crippen LogP contribution in [0.1, 0.15) is 0 Å². The van der Waals surface area contributed by atoms with E-state index in [1.807, 2.05) is 19.6 Å². The highest BCUT2D eigenvalue weighted by Crippen LogP contribution is 2.01. The van der Waals surface area contributed by atoms with Crippen molar-refractivity contribution in [2.45, 2.75) is 32.2 Å². The Balaban J connectivity index is 4.08. The van der Waals surface area contributed by atoms with Gasteiger partial charge in [0.2, 0.25) is 0 Å². The minimum absolute atomic E-state index is 1.62. The Morgan fingerprint density at radius 3 is 2.00 bits per heavy atom. The van der Waals surface area contributed by atoms with Crippen molar-refractivity contribution in [3.05, 3.63) is 0 Å². The molecule has 0 bridgehead atoms. The molecule has 0 aromatic carbocycles. The minimum Gasteiger partial charge on any atom is -0.375 e. The van der Waals surface area contributed by atoms with Crippen LogP contribution in [0.3, 0.4) is 0 Å². The second-order valence-corrected chi connectivity index (χ2v) is 8.05. The van der Waals surface area contributed by atoms with Gasteiger partial charge in [-0.3, -0.25) is 0 Å². The van der Waals surface area contributed by atoms with Crippen LogP contribution in [0.15, 0.2) is 0 Å². The lowest BCUT2D eigenvalue weighted by Gasteiger charge is -2.05. The van der Waals surface area contributed by atoms with E-state index < -0.39 is 20.6 Å². The van der Waals surface area contributed by atoms with E-state index in [1.54, 1.807) is 0 Å². The molecule has 1 atom stereocenters. The van der Waals surface area contributed by atoms with E-state index in [0.717, 1.165) is 0 Å². The lowest BCUT2D eigenvalue weighted by molar-refractivity contribution is 0.0296. The number of rotatable bonds is 1. The summed E-state index contributed by atoms with van der Waals surface area (Å²) in [6, 6.07) is 0. The van der Waals surface area contributed by atoms with Gasteiger partial charge in [-0.2, -0.15) is 0 Å². The first-order valence-electron chi connectivity index (χ1n) is 3.32. The predicted octanol–water partition coefficient (Wildman–Crippen LogP) is 1.49. The van der Waals surface area contributed by atoms with Crippen LogP contribution < -0.4 is 0 Å². The molecule has 1 unspecified atom stereocenters. The zero-order chi connectivity index (χ0) is 9.07. The summed E-state index contributed by atoms with van der Waals surface area (Å²) in [6.45, 7) is 5.79. The molecule has 11 heavy (non-hydrogen) atoms. The fourth-order valence-corrected chi connectivity index (χ4v) is 0.934. The van der Waals surface area contributed by atoms with Gasteiger partial charge in [0.15, 0.2) is 6.10 Å². The van der Waals surface area contributed by atoms with Crippen molar-refractivity contribution in [1.82, 2.24) is 0 Å².